The number of nitrogens with one attached hydrogen (secondary N) is 2. The Morgan fingerprint density at radius 3 is 2.08 bits per heavy atom. The second-order valence-corrected chi connectivity index (χ2v) is 13.8. The molecule has 1 aliphatic carbocycles. The third-order valence-corrected chi connectivity index (χ3v) is 9.95. The predicted octanol–water partition coefficient (Wildman–Crippen LogP) is 7.83. The van der Waals surface area contributed by atoms with Crippen LogP contribution >= 0.6 is 11.6 Å². The molecular weight excluding hydrogens is 652 g/mol. The molecule has 48 heavy (non-hydrogen) atoms. The van der Waals surface area contributed by atoms with E-state index in [1.165, 1.54) is 18.2 Å². The molecule has 5 aromatic carbocycles. The first kappa shape index (κ1) is 33.0. The van der Waals surface area contributed by atoms with Crippen molar-refractivity contribution < 1.29 is 32.6 Å². The largest absolute Gasteiger partial charge is 0.490 e. The zero-order chi connectivity index (χ0) is 33.7. The first-order chi connectivity index (χ1) is 23.1. The highest BCUT2D eigenvalue weighted by Crippen LogP contribution is 2.31. The number of benzene rings is 5. The average Bonchev–Trinajstić information content (AvgIpc) is 3.07. The van der Waals surface area contributed by atoms with Crippen LogP contribution in [0.15, 0.2) is 114 Å². The molecule has 0 radical (unpaired) electrons. The van der Waals surface area contributed by atoms with Crippen molar-refractivity contribution in [1.82, 2.24) is 4.72 Å². The van der Waals surface area contributed by atoms with Gasteiger partial charge in [0.05, 0.1) is 28.7 Å². The number of sulfonamides is 1. The normalized spacial score (nSPS) is 16.3. The highest BCUT2D eigenvalue weighted by molar-refractivity contribution is 7.89. The van der Waals surface area contributed by atoms with E-state index in [4.69, 9.17) is 21.1 Å². The smallest absolute Gasteiger partial charge is 0.337 e. The Bertz CT molecular complexity index is 2040. The fourth-order valence-electron chi connectivity index (χ4n) is 5.70. The van der Waals surface area contributed by atoms with Crippen molar-refractivity contribution in [3.63, 3.8) is 0 Å². The van der Waals surface area contributed by atoms with Crippen molar-refractivity contribution in [1.29, 1.82) is 0 Å². The number of carbonyl (C=O) groups is 2. The Labute approximate surface area is 283 Å². The molecule has 0 aliphatic heterocycles. The maximum absolute atomic E-state index is 12.7. The maximum Gasteiger partial charge on any atom is 0.337 e. The molecule has 0 unspecified atom stereocenters. The predicted molar refractivity (Wildman–Crippen MR) is 185 cm³/mol. The first-order valence-electron chi connectivity index (χ1n) is 15.5. The van der Waals surface area contributed by atoms with Gasteiger partial charge in [0.1, 0.15) is 17.2 Å². The minimum absolute atomic E-state index is 0.00376. The summed E-state index contributed by atoms with van der Waals surface area (Å²) in [5.41, 5.74) is 1.05. The second-order valence-electron chi connectivity index (χ2n) is 11.7. The number of amides is 1. The lowest BCUT2D eigenvalue weighted by Crippen LogP contribution is -2.39. The number of carbonyl (C=O) groups excluding carboxylic acids is 1. The van der Waals surface area contributed by atoms with Crippen LogP contribution in [0.3, 0.4) is 0 Å². The zero-order valence-corrected chi connectivity index (χ0v) is 27.3. The van der Waals surface area contributed by atoms with E-state index >= 15 is 0 Å². The molecule has 3 N–H and O–H groups in total. The van der Waals surface area contributed by atoms with E-state index in [0.29, 0.717) is 29.4 Å². The summed E-state index contributed by atoms with van der Waals surface area (Å²) in [5.74, 6) is 0.603. The molecule has 1 saturated carbocycles. The average molecular weight is 685 g/mol. The summed E-state index contributed by atoms with van der Waals surface area (Å²) in [7, 11) is -3.61. The van der Waals surface area contributed by atoms with Gasteiger partial charge in [0, 0.05) is 11.1 Å². The Kier molecular flexibility index (Phi) is 9.95. The standard InChI is InChI=1S/C37H33ClN2O7S/c38-27-9-19-33(20-10-27)48(44,45)40-28-11-17-30(18-12-28)47-32-16-8-25-22-31(15-7-26(25)23-32)46-29-13-5-24(6-14-29)21-36(41)39-35-4-2-1-3-34(35)37(42)43/h1-10,13-16,19-20,22-23,28,30,40H,11-12,17-18,21H2,(H,39,41)(H,42,43). The molecule has 5 aromatic rings. The van der Waals surface area contributed by atoms with Crippen LogP contribution in [0.5, 0.6) is 17.2 Å². The van der Waals surface area contributed by atoms with Crippen molar-refractivity contribution in [3.05, 3.63) is 125 Å². The topological polar surface area (TPSA) is 131 Å². The number of halogens is 1. The van der Waals surface area contributed by atoms with Crippen molar-refractivity contribution >= 4 is 50.0 Å². The summed E-state index contributed by atoms with van der Waals surface area (Å²) in [6, 6.07) is 31.1. The molecule has 0 spiro atoms. The third-order valence-electron chi connectivity index (χ3n) is 8.16. The Morgan fingerprint density at radius 2 is 1.40 bits per heavy atom. The van der Waals surface area contributed by atoms with Gasteiger partial charge in [0.2, 0.25) is 15.9 Å². The summed E-state index contributed by atoms with van der Waals surface area (Å²) >= 11 is 5.89. The molecule has 11 heteroatoms. The van der Waals surface area contributed by atoms with E-state index in [1.54, 1.807) is 54.6 Å². The van der Waals surface area contributed by atoms with Gasteiger partial charge >= 0.3 is 5.97 Å². The lowest BCUT2D eigenvalue weighted by Gasteiger charge is -2.29. The van der Waals surface area contributed by atoms with E-state index in [0.717, 1.165) is 34.9 Å². The van der Waals surface area contributed by atoms with E-state index in [1.807, 2.05) is 36.4 Å². The summed E-state index contributed by atoms with van der Waals surface area (Å²) in [6.45, 7) is 0. The lowest BCUT2D eigenvalue weighted by atomic mass is 9.93. The van der Waals surface area contributed by atoms with Crippen LogP contribution in [0.25, 0.3) is 10.8 Å². The Balaban J connectivity index is 0.998. The summed E-state index contributed by atoms with van der Waals surface area (Å²) < 4.78 is 40.6. The van der Waals surface area contributed by atoms with E-state index in [2.05, 4.69) is 10.0 Å². The number of hydrogen-bond acceptors (Lipinski definition) is 6. The van der Waals surface area contributed by atoms with Gasteiger partial charge in [-0.25, -0.2) is 17.9 Å². The summed E-state index contributed by atoms with van der Waals surface area (Å²) in [4.78, 5) is 24.1. The number of anilines is 1. The van der Waals surface area contributed by atoms with Crippen LogP contribution in [0.1, 0.15) is 41.6 Å². The molecule has 0 atom stereocenters. The maximum atomic E-state index is 12.7. The number of ether oxygens (including phenoxy) is 2. The van der Waals surface area contributed by atoms with E-state index in [9.17, 15) is 23.1 Å². The van der Waals surface area contributed by atoms with Crippen molar-refractivity contribution in [2.75, 3.05) is 5.32 Å². The highest BCUT2D eigenvalue weighted by Gasteiger charge is 2.27. The highest BCUT2D eigenvalue weighted by atomic mass is 35.5. The third kappa shape index (κ3) is 8.32. The quantitative estimate of drug-likeness (QED) is 0.129. The SMILES string of the molecule is O=C(Cc1ccc(Oc2ccc3cc(OC4CCC(NS(=O)(=O)c5ccc(Cl)cc5)CC4)ccc3c2)cc1)Nc1ccccc1C(=O)O. The number of rotatable bonds is 11. The monoisotopic (exact) mass is 684 g/mol. The van der Waals surface area contributed by atoms with Crippen LogP contribution in [0.2, 0.25) is 5.02 Å². The van der Waals surface area contributed by atoms with Crippen molar-refractivity contribution in [2.45, 2.75) is 49.1 Å². The van der Waals surface area contributed by atoms with Gasteiger partial charge in [-0.3, -0.25) is 4.79 Å². The number of aromatic carboxylic acids is 1. The minimum atomic E-state index is -3.61. The molecule has 0 saturated heterocycles. The molecule has 9 nitrogen and oxygen atoms in total. The number of carboxylic acids is 1. The van der Waals surface area contributed by atoms with Crippen LogP contribution in [0.4, 0.5) is 5.69 Å². The molecule has 1 aliphatic rings. The number of fused-ring (bicyclic) bond motifs is 1. The lowest BCUT2D eigenvalue weighted by molar-refractivity contribution is -0.115. The number of para-hydroxylation sites is 1. The van der Waals surface area contributed by atoms with Crippen LogP contribution < -0.4 is 19.5 Å². The Hall–Kier alpha value is -4.90. The molecule has 0 heterocycles. The van der Waals surface area contributed by atoms with E-state index < -0.39 is 16.0 Å². The van der Waals surface area contributed by atoms with Crippen molar-refractivity contribution in [2.24, 2.45) is 0 Å². The van der Waals surface area contributed by atoms with Crippen LogP contribution in [0, 0.1) is 0 Å². The first-order valence-corrected chi connectivity index (χ1v) is 17.3. The van der Waals surface area contributed by atoms with Crippen LogP contribution in [-0.2, 0) is 21.2 Å². The molecule has 246 valence electrons. The van der Waals surface area contributed by atoms with Crippen molar-refractivity contribution in [3.8, 4) is 17.2 Å². The van der Waals surface area contributed by atoms with E-state index in [-0.39, 0.29) is 40.6 Å². The summed E-state index contributed by atoms with van der Waals surface area (Å²) in [6.07, 6.45) is 2.92. The van der Waals surface area contributed by atoms with Gasteiger partial charge < -0.3 is 19.9 Å². The fourth-order valence-corrected chi connectivity index (χ4v) is 7.13. The molecular formula is C37H33ClN2O7S. The molecule has 0 bridgehead atoms. The molecule has 1 amide bonds. The minimum Gasteiger partial charge on any atom is -0.490 e. The fraction of sp³-hybridized carbons (Fsp3) is 0.189. The van der Waals surface area contributed by atoms with Crippen LogP contribution in [-0.4, -0.2) is 37.5 Å². The number of carboxylic acid groups (broad SMARTS) is 1. The Morgan fingerprint density at radius 1 is 0.771 bits per heavy atom. The molecule has 6 rings (SSSR count). The second kappa shape index (κ2) is 14.5. The van der Waals surface area contributed by atoms with Gasteiger partial charge in [-0.1, -0.05) is 48.0 Å². The van der Waals surface area contributed by atoms with Gasteiger partial charge in [-0.2, -0.15) is 0 Å². The van der Waals surface area contributed by atoms with Gasteiger partial charge in [0.15, 0.2) is 0 Å². The summed E-state index contributed by atoms with van der Waals surface area (Å²) in [5, 5.41) is 14.5. The molecule has 1 fully saturated rings. The zero-order valence-electron chi connectivity index (χ0n) is 25.8. The molecule has 0 aromatic heterocycles. The van der Waals surface area contributed by atoms with Gasteiger partial charge in [0.25, 0.3) is 0 Å². The van der Waals surface area contributed by atoms with Gasteiger partial charge in [-0.05, 0) is 115 Å². The number of hydrogen-bond donors (Lipinski definition) is 3. The van der Waals surface area contributed by atoms with Gasteiger partial charge in [-0.15, -0.1) is 0 Å².